The predicted molar refractivity (Wildman–Crippen MR) is 83.1 cm³/mol. The van der Waals surface area contributed by atoms with Crippen molar-refractivity contribution in [3.63, 3.8) is 0 Å². The molecule has 1 atom stereocenters. The first kappa shape index (κ1) is 14.2. The number of carbonyl (C=O) groups is 1. The predicted octanol–water partition coefficient (Wildman–Crippen LogP) is 4.30. The Labute approximate surface area is 122 Å². The van der Waals surface area contributed by atoms with Crippen molar-refractivity contribution in [3.8, 4) is 0 Å². The molecule has 100 valence electrons. The van der Waals surface area contributed by atoms with Gasteiger partial charge in [-0.15, -0.1) is 23.1 Å². The first-order valence-electron chi connectivity index (χ1n) is 6.08. The Morgan fingerprint density at radius 2 is 1.95 bits per heavy atom. The van der Waals surface area contributed by atoms with Crippen LogP contribution in [0.3, 0.4) is 0 Å². The smallest absolute Gasteiger partial charge is 0.254 e. The SMILES string of the molecule is CSc1ccc(C(=O)N(C)C(C)c2cccs2)cc1. The summed E-state index contributed by atoms with van der Waals surface area (Å²) in [5.41, 5.74) is 0.740. The van der Waals surface area contributed by atoms with Gasteiger partial charge < -0.3 is 4.90 Å². The van der Waals surface area contributed by atoms with Gasteiger partial charge in [0.2, 0.25) is 0 Å². The number of thiophene rings is 1. The van der Waals surface area contributed by atoms with Crippen molar-refractivity contribution >= 4 is 29.0 Å². The zero-order valence-corrected chi connectivity index (χ0v) is 12.9. The van der Waals surface area contributed by atoms with E-state index in [1.54, 1.807) is 28.0 Å². The van der Waals surface area contributed by atoms with Gasteiger partial charge in [0.1, 0.15) is 0 Å². The van der Waals surface area contributed by atoms with Gasteiger partial charge in [0.05, 0.1) is 6.04 Å². The van der Waals surface area contributed by atoms with E-state index < -0.39 is 0 Å². The van der Waals surface area contributed by atoms with Crippen molar-refractivity contribution in [1.29, 1.82) is 0 Å². The highest BCUT2D eigenvalue weighted by molar-refractivity contribution is 7.98. The number of thioether (sulfide) groups is 1. The molecular formula is C15H17NOS2. The van der Waals surface area contributed by atoms with Crippen LogP contribution in [0.15, 0.2) is 46.7 Å². The Morgan fingerprint density at radius 3 is 2.47 bits per heavy atom. The zero-order valence-electron chi connectivity index (χ0n) is 11.3. The molecule has 0 radical (unpaired) electrons. The summed E-state index contributed by atoms with van der Waals surface area (Å²) in [6.07, 6.45) is 2.03. The molecule has 0 saturated carbocycles. The van der Waals surface area contributed by atoms with E-state index in [1.807, 2.05) is 49.0 Å². The lowest BCUT2D eigenvalue weighted by molar-refractivity contribution is 0.0745. The van der Waals surface area contributed by atoms with Crippen LogP contribution in [-0.2, 0) is 0 Å². The molecule has 2 aromatic rings. The van der Waals surface area contributed by atoms with E-state index in [9.17, 15) is 4.79 Å². The number of nitrogens with zero attached hydrogens (tertiary/aromatic N) is 1. The van der Waals surface area contributed by atoms with Gasteiger partial charge in [0.25, 0.3) is 5.91 Å². The third-order valence-corrected chi connectivity index (χ3v) is 4.98. The van der Waals surface area contributed by atoms with Crippen LogP contribution in [-0.4, -0.2) is 24.1 Å². The fourth-order valence-electron chi connectivity index (χ4n) is 1.83. The van der Waals surface area contributed by atoms with Crippen LogP contribution in [0.2, 0.25) is 0 Å². The van der Waals surface area contributed by atoms with E-state index in [0.29, 0.717) is 0 Å². The Kier molecular flexibility index (Phi) is 4.66. The maximum Gasteiger partial charge on any atom is 0.254 e. The molecule has 4 heteroatoms. The maximum absolute atomic E-state index is 12.4. The fraction of sp³-hybridized carbons (Fsp3) is 0.267. The second-order valence-electron chi connectivity index (χ2n) is 4.34. The number of carbonyl (C=O) groups excluding carboxylic acids is 1. The van der Waals surface area contributed by atoms with Crippen LogP contribution in [0.5, 0.6) is 0 Å². The van der Waals surface area contributed by atoms with E-state index >= 15 is 0 Å². The van der Waals surface area contributed by atoms with Crippen LogP contribution in [0.4, 0.5) is 0 Å². The largest absolute Gasteiger partial charge is 0.334 e. The first-order chi connectivity index (χ1) is 9.13. The summed E-state index contributed by atoms with van der Waals surface area (Å²) in [6, 6.07) is 12.0. The fourth-order valence-corrected chi connectivity index (χ4v) is 3.07. The van der Waals surface area contributed by atoms with Crippen molar-refractivity contribution in [3.05, 3.63) is 52.2 Å². The summed E-state index contributed by atoms with van der Waals surface area (Å²) in [5, 5.41) is 2.04. The van der Waals surface area contributed by atoms with Crippen molar-refractivity contribution in [1.82, 2.24) is 4.90 Å². The molecule has 0 aliphatic heterocycles. The molecule has 1 heterocycles. The average Bonchev–Trinajstić information content (AvgIpc) is 2.99. The third kappa shape index (κ3) is 3.19. The van der Waals surface area contributed by atoms with Gasteiger partial charge in [-0.05, 0) is 48.9 Å². The van der Waals surface area contributed by atoms with Crippen LogP contribution in [0.25, 0.3) is 0 Å². The monoisotopic (exact) mass is 291 g/mol. The van der Waals surface area contributed by atoms with Crippen molar-refractivity contribution in [2.45, 2.75) is 17.9 Å². The molecule has 0 aliphatic carbocycles. The summed E-state index contributed by atoms with van der Waals surface area (Å²) in [7, 11) is 1.86. The minimum absolute atomic E-state index is 0.0635. The maximum atomic E-state index is 12.4. The minimum atomic E-state index is 0.0635. The van der Waals surface area contributed by atoms with Gasteiger partial charge in [-0.3, -0.25) is 4.79 Å². The molecule has 2 rings (SSSR count). The standard InChI is InChI=1S/C15H17NOS2/c1-11(14-5-4-10-19-14)16(2)15(17)12-6-8-13(18-3)9-7-12/h4-11H,1-3H3. The molecule has 19 heavy (non-hydrogen) atoms. The van der Waals surface area contributed by atoms with Gasteiger partial charge in [-0.1, -0.05) is 6.07 Å². The molecule has 1 amide bonds. The van der Waals surface area contributed by atoms with E-state index in [0.717, 1.165) is 5.56 Å². The molecule has 1 aromatic heterocycles. The summed E-state index contributed by atoms with van der Waals surface area (Å²) in [6.45, 7) is 2.06. The topological polar surface area (TPSA) is 20.3 Å². The van der Waals surface area contributed by atoms with Gasteiger partial charge in [0.15, 0.2) is 0 Å². The van der Waals surface area contributed by atoms with Gasteiger partial charge in [0, 0.05) is 22.4 Å². The second-order valence-corrected chi connectivity index (χ2v) is 6.19. The van der Waals surface area contributed by atoms with Gasteiger partial charge in [-0.2, -0.15) is 0 Å². The lowest BCUT2D eigenvalue weighted by Gasteiger charge is -2.24. The summed E-state index contributed by atoms with van der Waals surface area (Å²) >= 11 is 3.36. The highest BCUT2D eigenvalue weighted by atomic mass is 32.2. The number of amides is 1. The average molecular weight is 291 g/mol. The van der Waals surface area contributed by atoms with Crippen LogP contribution in [0, 0.1) is 0 Å². The molecule has 1 aromatic carbocycles. The van der Waals surface area contributed by atoms with Crippen LogP contribution < -0.4 is 0 Å². The number of benzene rings is 1. The lowest BCUT2D eigenvalue weighted by Crippen LogP contribution is -2.29. The molecule has 0 aliphatic rings. The van der Waals surface area contributed by atoms with E-state index in [2.05, 4.69) is 13.0 Å². The summed E-state index contributed by atoms with van der Waals surface area (Å²) in [5.74, 6) is 0.0635. The third-order valence-electron chi connectivity index (χ3n) is 3.19. The molecule has 0 saturated heterocycles. The summed E-state index contributed by atoms with van der Waals surface area (Å²) in [4.78, 5) is 16.6. The molecule has 1 unspecified atom stereocenters. The Hall–Kier alpha value is -1.26. The second kappa shape index (κ2) is 6.26. The highest BCUT2D eigenvalue weighted by Gasteiger charge is 2.19. The normalized spacial score (nSPS) is 12.2. The van der Waals surface area contributed by atoms with Crippen LogP contribution in [0.1, 0.15) is 28.2 Å². The van der Waals surface area contributed by atoms with E-state index in [4.69, 9.17) is 0 Å². The molecule has 0 spiro atoms. The van der Waals surface area contributed by atoms with Crippen LogP contribution >= 0.6 is 23.1 Å². The van der Waals surface area contributed by atoms with Gasteiger partial charge in [-0.25, -0.2) is 0 Å². The Morgan fingerprint density at radius 1 is 1.26 bits per heavy atom. The molecule has 0 fully saturated rings. The van der Waals surface area contributed by atoms with Crippen molar-refractivity contribution in [2.75, 3.05) is 13.3 Å². The van der Waals surface area contributed by atoms with E-state index in [1.165, 1.54) is 9.77 Å². The molecule has 2 nitrogen and oxygen atoms in total. The first-order valence-corrected chi connectivity index (χ1v) is 8.18. The molecular weight excluding hydrogens is 274 g/mol. The van der Waals surface area contributed by atoms with Gasteiger partial charge >= 0.3 is 0 Å². The number of rotatable bonds is 4. The quantitative estimate of drug-likeness (QED) is 0.783. The van der Waals surface area contributed by atoms with Crippen molar-refractivity contribution in [2.24, 2.45) is 0 Å². The summed E-state index contributed by atoms with van der Waals surface area (Å²) < 4.78 is 0. The molecule has 0 N–H and O–H groups in total. The number of hydrogen-bond acceptors (Lipinski definition) is 3. The molecule has 0 bridgehead atoms. The number of hydrogen-bond donors (Lipinski definition) is 0. The minimum Gasteiger partial charge on any atom is -0.334 e. The van der Waals surface area contributed by atoms with Crippen molar-refractivity contribution < 1.29 is 4.79 Å². The lowest BCUT2D eigenvalue weighted by atomic mass is 10.1. The highest BCUT2D eigenvalue weighted by Crippen LogP contribution is 2.25. The van der Waals surface area contributed by atoms with E-state index in [-0.39, 0.29) is 11.9 Å². The Bertz CT molecular complexity index is 534. The Balaban J connectivity index is 2.14. The zero-order chi connectivity index (χ0) is 13.8.